The van der Waals surface area contributed by atoms with Gasteiger partial charge in [0.25, 0.3) is 0 Å². The zero-order chi connectivity index (χ0) is 14.4. The van der Waals surface area contributed by atoms with Crippen molar-refractivity contribution in [3.8, 4) is 0 Å². The molecule has 3 N–H and O–H groups in total. The maximum atomic E-state index is 11.7. The Morgan fingerprint density at radius 1 is 1.43 bits per heavy atom. The molecule has 0 bridgehead atoms. The normalized spacial score (nSPS) is 11.9. The molecule has 21 heavy (non-hydrogen) atoms. The number of benzene rings is 1. The van der Waals surface area contributed by atoms with Crippen LogP contribution in [0.1, 0.15) is 12.2 Å². The van der Waals surface area contributed by atoms with Crippen molar-refractivity contribution in [2.45, 2.75) is 18.9 Å². The van der Waals surface area contributed by atoms with Crippen LogP contribution in [0.25, 0.3) is 11.0 Å². The predicted molar refractivity (Wildman–Crippen MR) is 91.2 cm³/mol. The second-order valence-corrected chi connectivity index (χ2v) is 5.67. The number of furan rings is 1. The van der Waals surface area contributed by atoms with E-state index in [1.165, 1.54) is 0 Å². The Balaban J connectivity index is 0.00000220. The van der Waals surface area contributed by atoms with Gasteiger partial charge in [-0.3, -0.25) is 4.79 Å². The standard InChI is InChI=1S/C15H20N2O2S.ClH/c1-20-9-7-13(16)15(18)17-8-6-12-10-11-4-2-3-5-14(11)19-12;/h2-5,10,13H,6-9,16H2,1H3,(H,17,18);1H/t13-;/m0./s1. The van der Waals surface area contributed by atoms with Crippen molar-refractivity contribution in [3.63, 3.8) is 0 Å². The minimum atomic E-state index is -0.418. The number of rotatable bonds is 7. The van der Waals surface area contributed by atoms with Gasteiger partial charge in [0.1, 0.15) is 11.3 Å². The zero-order valence-corrected chi connectivity index (χ0v) is 13.6. The Morgan fingerprint density at radius 3 is 2.90 bits per heavy atom. The molecule has 0 saturated carbocycles. The van der Waals surface area contributed by atoms with Crippen LogP contribution in [0.5, 0.6) is 0 Å². The average molecular weight is 329 g/mol. The molecule has 0 aliphatic rings. The SMILES string of the molecule is CSCC[C@H](N)C(=O)NCCc1cc2ccccc2o1.Cl. The molecule has 0 aliphatic heterocycles. The van der Waals surface area contributed by atoms with Crippen LogP contribution in [0.4, 0.5) is 0 Å². The topological polar surface area (TPSA) is 68.3 Å². The van der Waals surface area contributed by atoms with Gasteiger partial charge in [-0.2, -0.15) is 11.8 Å². The maximum Gasteiger partial charge on any atom is 0.236 e. The van der Waals surface area contributed by atoms with E-state index in [1.54, 1.807) is 11.8 Å². The van der Waals surface area contributed by atoms with E-state index < -0.39 is 6.04 Å². The van der Waals surface area contributed by atoms with Crippen molar-refractivity contribution in [1.82, 2.24) is 5.32 Å². The van der Waals surface area contributed by atoms with E-state index in [9.17, 15) is 4.79 Å². The number of fused-ring (bicyclic) bond motifs is 1. The van der Waals surface area contributed by atoms with Crippen molar-refractivity contribution in [2.24, 2.45) is 5.73 Å². The van der Waals surface area contributed by atoms with E-state index in [1.807, 2.05) is 36.6 Å². The molecule has 1 atom stereocenters. The summed E-state index contributed by atoms with van der Waals surface area (Å²) < 4.78 is 5.69. The second kappa shape index (κ2) is 8.97. The quantitative estimate of drug-likeness (QED) is 0.819. The van der Waals surface area contributed by atoms with Gasteiger partial charge in [0.2, 0.25) is 5.91 Å². The molecule has 0 spiro atoms. The fourth-order valence-corrected chi connectivity index (χ4v) is 2.47. The van der Waals surface area contributed by atoms with Crippen LogP contribution in [0, 0.1) is 0 Å². The van der Waals surface area contributed by atoms with Crippen molar-refractivity contribution in [1.29, 1.82) is 0 Å². The molecular weight excluding hydrogens is 308 g/mol. The summed E-state index contributed by atoms with van der Waals surface area (Å²) >= 11 is 1.70. The minimum Gasteiger partial charge on any atom is -0.461 e. The Morgan fingerprint density at radius 2 is 2.19 bits per heavy atom. The predicted octanol–water partition coefficient (Wildman–Crippen LogP) is 2.59. The first-order valence-corrected chi connectivity index (χ1v) is 8.10. The van der Waals surface area contributed by atoms with E-state index in [4.69, 9.17) is 10.2 Å². The molecule has 1 aromatic heterocycles. The number of para-hydroxylation sites is 1. The Hall–Kier alpha value is -1.17. The van der Waals surface area contributed by atoms with E-state index in [2.05, 4.69) is 5.32 Å². The van der Waals surface area contributed by atoms with Crippen molar-refractivity contribution < 1.29 is 9.21 Å². The number of hydrogen-bond donors (Lipinski definition) is 2. The number of nitrogens with one attached hydrogen (secondary N) is 1. The molecule has 0 unspecified atom stereocenters. The Kier molecular flexibility index (Phi) is 7.64. The van der Waals surface area contributed by atoms with Crippen LogP contribution in [0.3, 0.4) is 0 Å². The highest BCUT2D eigenvalue weighted by atomic mass is 35.5. The monoisotopic (exact) mass is 328 g/mol. The lowest BCUT2D eigenvalue weighted by Gasteiger charge is -2.10. The average Bonchev–Trinajstić information content (AvgIpc) is 2.87. The maximum absolute atomic E-state index is 11.7. The van der Waals surface area contributed by atoms with Crippen LogP contribution in [-0.2, 0) is 11.2 Å². The molecule has 0 fully saturated rings. The van der Waals surface area contributed by atoms with E-state index in [-0.39, 0.29) is 18.3 Å². The largest absolute Gasteiger partial charge is 0.461 e. The third kappa shape index (κ3) is 5.26. The minimum absolute atomic E-state index is 0. The number of nitrogens with two attached hydrogens (primary N) is 1. The van der Waals surface area contributed by atoms with Gasteiger partial charge in [-0.05, 0) is 30.6 Å². The van der Waals surface area contributed by atoms with E-state index >= 15 is 0 Å². The molecule has 0 radical (unpaired) electrons. The highest BCUT2D eigenvalue weighted by molar-refractivity contribution is 7.98. The number of carbonyl (C=O) groups excluding carboxylic acids is 1. The molecule has 4 nitrogen and oxygen atoms in total. The zero-order valence-electron chi connectivity index (χ0n) is 12.0. The highest BCUT2D eigenvalue weighted by Crippen LogP contribution is 2.18. The van der Waals surface area contributed by atoms with Gasteiger partial charge >= 0.3 is 0 Å². The summed E-state index contributed by atoms with van der Waals surface area (Å²) in [6, 6.07) is 9.47. The molecule has 1 heterocycles. The molecule has 1 aromatic carbocycles. The molecule has 116 valence electrons. The van der Waals surface area contributed by atoms with Crippen molar-refractivity contribution in [2.75, 3.05) is 18.6 Å². The van der Waals surface area contributed by atoms with Crippen LogP contribution in [0.15, 0.2) is 34.7 Å². The van der Waals surface area contributed by atoms with Gasteiger partial charge in [-0.1, -0.05) is 18.2 Å². The molecule has 2 aromatic rings. The second-order valence-electron chi connectivity index (χ2n) is 4.68. The first-order chi connectivity index (χ1) is 9.70. The van der Waals surface area contributed by atoms with Crippen LogP contribution < -0.4 is 11.1 Å². The first-order valence-electron chi connectivity index (χ1n) is 6.70. The van der Waals surface area contributed by atoms with Gasteiger partial charge in [0.15, 0.2) is 0 Å². The molecule has 6 heteroatoms. The van der Waals surface area contributed by atoms with Gasteiger partial charge in [-0.15, -0.1) is 12.4 Å². The molecule has 0 saturated heterocycles. The fraction of sp³-hybridized carbons (Fsp3) is 0.400. The number of carbonyl (C=O) groups is 1. The van der Waals surface area contributed by atoms with Crippen LogP contribution >= 0.6 is 24.2 Å². The fourth-order valence-electron chi connectivity index (χ4n) is 1.98. The smallest absolute Gasteiger partial charge is 0.236 e. The summed E-state index contributed by atoms with van der Waals surface area (Å²) in [5, 5.41) is 3.94. The van der Waals surface area contributed by atoms with E-state index in [0.29, 0.717) is 19.4 Å². The number of amides is 1. The van der Waals surface area contributed by atoms with Gasteiger partial charge in [0.05, 0.1) is 6.04 Å². The first kappa shape index (κ1) is 17.9. The van der Waals surface area contributed by atoms with Crippen LogP contribution in [-0.4, -0.2) is 30.5 Å². The summed E-state index contributed by atoms with van der Waals surface area (Å²) in [6.07, 6.45) is 3.39. The molecular formula is C15H21ClN2O2S. The molecule has 0 aliphatic carbocycles. The summed E-state index contributed by atoms with van der Waals surface area (Å²) in [5.41, 5.74) is 6.68. The summed E-state index contributed by atoms with van der Waals surface area (Å²) in [5.74, 6) is 1.69. The number of hydrogen-bond acceptors (Lipinski definition) is 4. The van der Waals surface area contributed by atoms with Gasteiger partial charge in [-0.25, -0.2) is 0 Å². The molecule has 1 amide bonds. The number of thioether (sulfide) groups is 1. The number of halogens is 1. The third-order valence-corrected chi connectivity index (χ3v) is 3.76. The van der Waals surface area contributed by atoms with Gasteiger partial charge in [0, 0.05) is 18.4 Å². The Bertz CT molecular complexity index is 541. The summed E-state index contributed by atoms with van der Waals surface area (Å²) in [4.78, 5) is 11.7. The lowest BCUT2D eigenvalue weighted by Crippen LogP contribution is -2.41. The molecule has 2 rings (SSSR count). The summed E-state index contributed by atoms with van der Waals surface area (Å²) in [7, 11) is 0. The van der Waals surface area contributed by atoms with Crippen molar-refractivity contribution in [3.05, 3.63) is 36.1 Å². The Labute approximate surface area is 135 Å². The van der Waals surface area contributed by atoms with Crippen molar-refractivity contribution >= 4 is 41.0 Å². The lowest BCUT2D eigenvalue weighted by molar-refractivity contribution is -0.122. The van der Waals surface area contributed by atoms with Gasteiger partial charge < -0.3 is 15.5 Å². The highest BCUT2D eigenvalue weighted by Gasteiger charge is 2.12. The van der Waals surface area contributed by atoms with Crippen LogP contribution in [0.2, 0.25) is 0 Å². The third-order valence-electron chi connectivity index (χ3n) is 3.12. The van der Waals surface area contributed by atoms with E-state index in [0.717, 1.165) is 22.5 Å². The summed E-state index contributed by atoms with van der Waals surface area (Å²) in [6.45, 7) is 0.547. The lowest BCUT2D eigenvalue weighted by atomic mass is 10.2.